The highest BCUT2D eigenvalue weighted by molar-refractivity contribution is 7.40. The predicted molar refractivity (Wildman–Crippen MR) is 73.9 cm³/mol. The van der Waals surface area contributed by atoms with E-state index in [9.17, 15) is 0 Å². The minimum absolute atomic E-state index is 0.794. The van der Waals surface area contributed by atoms with Crippen molar-refractivity contribution in [2.45, 2.75) is 6.92 Å². The summed E-state index contributed by atoms with van der Waals surface area (Å²) in [6, 6.07) is 21.1. The normalized spacial score (nSPS) is 10.8. The third-order valence-corrected chi connectivity index (χ3v) is 3.49. The number of rotatable bonds is 4. The van der Waals surface area contributed by atoms with Gasteiger partial charge in [-0.2, -0.15) is 0 Å². The Balaban J connectivity index is 2.31. The maximum atomic E-state index is 2.38. The zero-order valence-electron chi connectivity index (χ0n) is 9.43. The van der Waals surface area contributed by atoms with Crippen LogP contribution in [0.1, 0.15) is 6.92 Å². The van der Waals surface area contributed by atoms with Gasteiger partial charge in [-0.25, -0.2) is 0 Å². The van der Waals surface area contributed by atoms with Crippen molar-refractivity contribution < 1.29 is 0 Å². The van der Waals surface area contributed by atoms with Crippen LogP contribution in [0.15, 0.2) is 60.7 Å². The molecule has 1 unspecified atom stereocenters. The number of nitrogens with zero attached hydrogens (tertiary/aromatic N) is 1. The Bertz CT molecular complexity index is 374. The predicted octanol–water partition coefficient (Wildman–Crippen LogP) is 4.44. The number of hydrogen-bond donors (Lipinski definition) is 0. The Morgan fingerprint density at radius 3 is 1.62 bits per heavy atom. The van der Waals surface area contributed by atoms with Crippen LogP contribution in [0.5, 0.6) is 0 Å². The first-order valence-corrected chi connectivity index (χ1v) is 6.71. The Labute approximate surface area is 98.9 Å². The highest BCUT2D eigenvalue weighted by Gasteiger charge is 2.06. The largest absolute Gasteiger partial charge is 0.323 e. The third kappa shape index (κ3) is 2.62. The van der Waals surface area contributed by atoms with Crippen LogP contribution in [-0.4, -0.2) is 6.16 Å². The zero-order chi connectivity index (χ0) is 11.2. The van der Waals surface area contributed by atoms with Gasteiger partial charge in [0.1, 0.15) is 0 Å². The van der Waals surface area contributed by atoms with Crippen LogP contribution in [0.2, 0.25) is 0 Å². The molecule has 2 heteroatoms. The van der Waals surface area contributed by atoms with Crippen molar-refractivity contribution in [1.82, 2.24) is 0 Å². The van der Waals surface area contributed by atoms with E-state index >= 15 is 0 Å². The summed E-state index contributed by atoms with van der Waals surface area (Å²) in [7, 11) is 0.794. The van der Waals surface area contributed by atoms with Gasteiger partial charge < -0.3 is 4.67 Å². The highest BCUT2D eigenvalue weighted by atomic mass is 31.1. The highest BCUT2D eigenvalue weighted by Crippen LogP contribution is 2.35. The molecule has 1 nitrogen and oxygen atoms in total. The molecule has 2 aromatic rings. The average molecular weight is 229 g/mol. The quantitative estimate of drug-likeness (QED) is 0.700. The zero-order valence-corrected chi connectivity index (χ0v) is 10.4. The molecule has 0 aliphatic carbocycles. The fourth-order valence-electron chi connectivity index (χ4n) is 1.64. The van der Waals surface area contributed by atoms with Crippen molar-refractivity contribution in [3.8, 4) is 0 Å². The lowest BCUT2D eigenvalue weighted by atomic mass is 10.3. The second-order valence-corrected chi connectivity index (χ2v) is 4.99. The van der Waals surface area contributed by atoms with Crippen LogP contribution >= 0.6 is 8.73 Å². The van der Waals surface area contributed by atoms with Gasteiger partial charge in [0, 0.05) is 11.4 Å². The van der Waals surface area contributed by atoms with Crippen molar-refractivity contribution in [3.63, 3.8) is 0 Å². The van der Waals surface area contributed by atoms with E-state index in [4.69, 9.17) is 0 Å². The van der Waals surface area contributed by atoms with Crippen molar-refractivity contribution in [3.05, 3.63) is 60.7 Å². The molecule has 0 fully saturated rings. The summed E-state index contributed by atoms with van der Waals surface area (Å²) in [4.78, 5) is 0. The van der Waals surface area contributed by atoms with E-state index in [0.29, 0.717) is 0 Å². The van der Waals surface area contributed by atoms with E-state index in [0.717, 1.165) is 8.73 Å². The SMILES string of the molecule is CCPN(c1ccccc1)c1ccccc1. The Morgan fingerprint density at radius 1 is 0.812 bits per heavy atom. The van der Waals surface area contributed by atoms with E-state index in [2.05, 4.69) is 72.3 Å². The molecule has 0 saturated heterocycles. The monoisotopic (exact) mass is 229 g/mol. The lowest BCUT2D eigenvalue weighted by Gasteiger charge is -2.24. The molecule has 0 heterocycles. The molecule has 2 rings (SSSR count). The van der Waals surface area contributed by atoms with E-state index < -0.39 is 0 Å². The molecule has 0 N–H and O–H groups in total. The van der Waals surface area contributed by atoms with E-state index in [1.165, 1.54) is 17.5 Å². The van der Waals surface area contributed by atoms with Gasteiger partial charge in [-0.1, -0.05) is 43.3 Å². The molecule has 16 heavy (non-hydrogen) atoms. The second-order valence-electron chi connectivity index (χ2n) is 3.52. The smallest absolute Gasteiger partial charge is 0.0444 e. The lowest BCUT2D eigenvalue weighted by Crippen LogP contribution is -2.04. The molecule has 2 aromatic carbocycles. The minimum Gasteiger partial charge on any atom is -0.323 e. The van der Waals surface area contributed by atoms with Crippen molar-refractivity contribution >= 4 is 20.1 Å². The molecular weight excluding hydrogens is 213 g/mol. The van der Waals surface area contributed by atoms with Gasteiger partial charge in [-0.3, -0.25) is 0 Å². The first kappa shape index (κ1) is 11.2. The molecular formula is C14H16NP. The standard InChI is InChI=1S/C14H16NP/c1-2-16-15(13-9-5-3-6-10-13)14-11-7-4-8-12-14/h3-12,16H,2H2,1H3. The number of para-hydroxylation sites is 2. The van der Waals surface area contributed by atoms with Gasteiger partial charge in [0.25, 0.3) is 0 Å². The van der Waals surface area contributed by atoms with Crippen LogP contribution in [0.4, 0.5) is 11.4 Å². The minimum atomic E-state index is 0.794. The summed E-state index contributed by atoms with van der Waals surface area (Å²) in [6.45, 7) is 2.22. The van der Waals surface area contributed by atoms with Gasteiger partial charge in [0.2, 0.25) is 0 Å². The third-order valence-electron chi connectivity index (χ3n) is 2.35. The number of hydrogen-bond acceptors (Lipinski definition) is 1. The van der Waals surface area contributed by atoms with Gasteiger partial charge in [-0.15, -0.1) is 0 Å². The first-order valence-electron chi connectivity index (χ1n) is 5.55. The van der Waals surface area contributed by atoms with Crippen LogP contribution in [0, 0.1) is 0 Å². The van der Waals surface area contributed by atoms with Crippen LogP contribution in [0.25, 0.3) is 0 Å². The average Bonchev–Trinajstić information content (AvgIpc) is 2.38. The molecule has 82 valence electrons. The summed E-state index contributed by atoms with van der Waals surface area (Å²) >= 11 is 0. The van der Waals surface area contributed by atoms with E-state index in [1.54, 1.807) is 0 Å². The molecule has 0 aliphatic rings. The fraction of sp³-hybridized carbons (Fsp3) is 0.143. The maximum Gasteiger partial charge on any atom is 0.0444 e. The summed E-state index contributed by atoms with van der Waals surface area (Å²) in [5, 5.41) is 0. The molecule has 0 aromatic heterocycles. The topological polar surface area (TPSA) is 3.24 Å². The Kier molecular flexibility index (Phi) is 3.96. The molecule has 1 atom stereocenters. The van der Waals surface area contributed by atoms with Crippen molar-refractivity contribution in [2.75, 3.05) is 10.8 Å². The van der Waals surface area contributed by atoms with E-state index in [1.807, 2.05) is 0 Å². The fourth-order valence-corrected chi connectivity index (χ4v) is 2.62. The van der Waals surface area contributed by atoms with E-state index in [-0.39, 0.29) is 0 Å². The van der Waals surface area contributed by atoms with Crippen molar-refractivity contribution in [1.29, 1.82) is 0 Å². The summed E-state index contributed by atoms with van der Waals surface area (Å²) in [5.74, 6) is 0. The van der Waals surface area contributed by atoms with Gasteiger partial charge >= 0.3 is 0 Å². The molecule has 0 radical (unpaired) electrons. The van der Waals surface area contributed by atoms with Gasteiger partial charge in [0.05, 0.1) is 0 Å². The van der Waals surface area contributed by atoms with Crippen LogP contribution < -0.4 is 4.67 Å². The van der Waals surface area contributed by atoms with Crippen LogP contribution in [-0.2, 0) is 0 Å². The molecule has 0 bridgehead atoms. The first-order chi connectivity index (χ1) is 7.92. The molecule has 0 saturated carbocycles. The Morgan fingerprint density at radius 2 is 1.25 bits per heavy atom. The van der Waals surface area contributed by atoms with Gasteiger partial charge in [0.15, 0.2) is 0 Å². The second kappa shape index (κ2) is 5.67. The lowest BCUT2D eigenvalue weighted by molar-refractivity contribution is 1.39. The van der Waals surface area contributed by atoms with Crippen LogP contribution in [0.3, 0.4) is 0 Å². The maximum absolute atomic E-state index is 2.38. The molecule has 0 aliphatic heterocycles. The summed E-state index contributed by atoms with van der Waals surface area (Å²) in [6.07, 6.45) is 1.17. The van der Waals surface area contributed by atoms with Crippen molar-refractivity contribution in [2.24, 2.45) is 0 Å². The Hall–Kier alpha value is -1.33. The number of anilines is 2. The summed E-state index contributed by atoms with van der Waals surface area (Å²) in [5.41, 5.74) is 2.54. The molecule has 0 amide bonds. The number of benzene rings is 2. The molecule has 0 spiro atoms. The summed E-state index contributed by atoms with van der Waals surface area (Å²) < 4.78 is 2.38. The van der Waals surface area contributed by atoms with Gasteiger partial charge in [-0.05, 0) is 39.2 Å².